The van der Waals surface area contributed by atoms with Crippen molar-refractivity contribution in [1.29, 1.82) is 0 Å². The first-order valence-electron chi connectivity index (χ1n) is 7.78. The Labute approximate surface area is 163 Å². The molecule has 11 heteroatoms. The minimum absolute atomic E-state index is 0.370. The van der Waals surface area contributed by atoms with Gasteiger partial charge in [0.25, 0.3) is 0 Å². The van der Waals surface area contributed by atoms with Gasteiger partial charge in [0.05, 0.1) is 0 Å². The van der Waals surface area contributed by atoms with Gasteiger partial charge < -0.3 is 4.74 Å². The van der Waals surface area contributed by atoms with Crippen LogP contribution in [0.3, 0.4) is 0 Å². The van der Waals surface area contributed by atoms with E-state index in [0.717, 1.165) is 30.3 Å². The van der Waals surface area contributed by atoms with E-state index in [0.29, 0.717) is 23.9 Å². The predicted molar refractivity (Wildman–Crippen MR) is 89.4 cm³/mol. The molecule has 0 spiro atoms. The van der Waals surface area contributed by atoms with Gasteiger partial charge in [-0.05, 0) is 24.3 Å². The highest BCUT2D eigenvalue weighted by atomic mass is 32.2. The lowest BCUT2D eigenvalue weighted by atomic mass is 10.2. The third-order valence-electron chi connectivity index (χ3n) is 3.49. The molecule has 0 unspecified atom stereocenters. The average Bonchev–Trinajstić information content (AvgIpc) is 2.63. The monoisotopic (exact) mass is 434 g/mol. The van der Waals surface area contributed by atoms with E-state index in [1.165, 1.54) is 0 Å². The van der Waals surface area contributed by atoms with Gasteiger partial charge in [-0.25, -0.2) is 22.5 Å². The van der Waals surface area contributed by atoms with E-state index >= 15 is 0 Å². The average molecular weight is 434 g/mol. The summed E-state index contributed by atoms with van der Waals surface area (Å²) in [6.45, 7) is 0. The summed E-state index contributed by atoms with van der Waals surface area (Å²) in [6.07, 6.45) is -4.89. The zero-order valence-electron chi connectivity index (χ0n) is 14.1. The summed E-state index contributed by atoms with van der Waals surface area (Å²) in [6, 6.07) is 5.77. The van der Waals surface area contributed by atoms with E-state index in [1.54, 1.807) is 0 Å². The highest BCUT2D eigenvalue weighted by Gasteiger charge is 2.34. The first-order chi connectivity index (χ1) is 13.6. The molecule has 2 aromatic carbocycles. The Morgan fingerprint density at radius 1 is 0.862 bits per heavy atom. The molecule has 0 bridgehead atoms. The maximum Gasteiger partial charge on any atom is 0.433 e. The van der Waals surface area contributed by atoms with Crippen molar-refractivity contribution >= 4 is 11.8 Å². The Morgan fingerprint density at radius 3 is 2.17 bits per heavy atom. The first kappa shape index (κ1) is 20.9. The van der Waals surface area contributed by atoms with Crippen LogP contribution in [-0.2, 0) is 11.9 Å². The van der Waals surface area contributed by atoms with E-state index in [2.05, 4.69) is 9.97 Å². The Kier molecular flexibility index (Phi) is 5.96. The van der Waals surface area contributed by atoms with Gasteiger partial charge in [0, 0.05) is 23.4 Å². The molecule has 3 nitrogen and oxygen atoms in total. The van der Waals surface area contributed by atoms with Crippen LogP contribution in [0.25, 0.3) is 0 Å². The third-order valence-corrected chi connectivity index (χ3v) is 4.36. The predicted octanol–water partition coefficient (Wildman–Crippen LogP) is 6.14. The van der Waals surface area contributed by atoms with Crippen molar-refractivity contribution in [2.24, 2.45) is 0 Å². The summed E-state index contributed by atoms with van der Waals surface area (Å²) in [5, 5.41) is -0.500. The number of nitrogens with zero attached hydrogens (tertiary/aromatic N) is 2. The Balaban J connectivity index is 1.91. The van der Waals surface area contributed by atoms with E-state index < -0.39 is 57.7 Å². The molecule has 0 saturated heterocycles. The van der Waals surface area contributed by atoms with Crippen molar-refractivity contribution < 1.29 is 35.5 Å². The summed E-state index contributed by atoms with van der Waals surface area (Å²) < 4.78 is 98.4. The molecule has 0 aliphatic carbocycles. The number of benzene rings is 2. The number of halogens is 7. The van der Waals surface area contributed by atoms with Crippen molar-refractivity contribution in [3.05, 3.63) is 77.0 Å². The second-order valence-corrected chi connectivity index (χ2v) is 6.48. The molecular weight excluding hydrogens is 425 g/mol. The van der Waals surface area contributed by atoms with Crippen LogP contribution < -0.4 is 4.74 Å². The fourth-order valence-electron chi connectivity index (χ4n) is 2.14. The van der Waals surface area contributed by atoms with Gasteiger partial charge in [0.2, 0.25) is 5.88 Å². The summed E-state index contributed by atoms with van der Waals surface area (Å²) >= 11 is 0.528. The van der Waals surface area contributed by atoms with Crippen molar-refractivity contribution in [3.8, 4) is 11.6 Å². The number of alkyl halides is 3. The van der Waals surface area contributed by atoms with Crippen LogP contribution >= 0.6 is 11.8 Å². The van der Waals surface area contributed by atoms with Crippen molar-refractivity contribution in [3.63, 3.8) is 0 Å². The van der Waals surface area contributed by atoms with Crippen LogP contribution in [0.15, 0.2) is 47.6 Å². The molecule has 152 valence electrons. The zero-order chi connectivity index (χ0) is 21.2. The molecule has 29 heavy (non-hydrogen) atoms. The summed E-state index contributed by atoms with van der Waals surface area (Å²) in [5.41, 5.74) is -1.77. The molecule has 0 N–H and O–H groups in total. The maximum absolute atomic E-state index is 13.7. The van der Waals surface area contributed by atoms with Crippen LogP contribution in [0, 0.1) is 23.3 Å². The lowest BCUT2D eigenvalue weighted by Gasteiger charge is -2.11. The third kappa shape index (κ3) is 5.17. The number of aromatic nitrogens is 2. The maximum atomic E-state index is 13.7. The molecule has 3 rings (SSSR count). The quantitative estimate of drug-likeness (QED) is 0.275. The second-order valence-electron chi connectivity index (χ2n) is 5.54. The molecular formula is C18H9F7N2OS. The lowest BCUT2D eigenvalue weighted by molar-refractivity contribution is -0.141. The highest BCUT2D eigenvalue weighted by molar-refractivity contribution is 7.98. The smallest absolute Gasteiger partial charge is 0.433 e. The number of ether oxygens (including phenoxy) is 1. The zero-order valence-corrected chi connectivity index (χ0v) is 14.9. The fraction of sp³-hybridized carbons (Fsp3) is 0.111. The van der Waals surface area contributed by atoms with Gasteiger partial charge in [-0.2, -0.15) is 18.2 Å². The van der Waals surface area contributed by atoms with Crippen molar-refractivity contribution in [2.45, 2.75) is 17.1 Å². The normalized spacial score (nSPS) is 11.6. The van der Waals surface area contributed by atoms with E-state index in [1.807, 2.05) is 0 Å². The van der Waals surface area contributed by atoms with Gasteiger partial charge in [-0.15, -0.1) is 0 Å². The molecule has 0 aliphatic rings. The summed E-state index contributed by atoms with van der Waals surface area (Å²) in [7, 11) is 0. The molecule has 1 heterocycles. The molecule has 0 radical (unpaired) electrons. The minimum atomic E-state index is -4.89. The first-order valence-corrected chi connectivity index (χ1v) is 8.77. The molecule has 3 aromatic rings. The van der Waals surface area contributed by atoms with Crippen LogP contribution in [0.5, 0.6) is 11.6 Å². The van der Waals surface area contributed by atoms with Crippen LogP contribution in [0.4, 0.5) is 30.7 Å². The van der Waals surface area contributed by atoms with Crippen LogP contribution in [0.1, 0.15) is 11.3 Å². The second kappa shape index (κ2) is 8.27. The fourth-order valence-corrected chi connectivity index (χ4v) is 3.01. The Bertz CT molecular complexity index is 1020. The number of thioether (sulfide) groups is 1. The topological polar surface area (TPSA) is 35.0 Å². The molecule has 0 atom stereocenters. The van der Waals surface area contributed by atoms with E-state index in [4.69, 9.17) is 4.74 Å². The number of rotatable bonds is 5. The number of hydrogen-bond donors (Lipinski definition) is 0. The van der Waals surface area contributed by atoms with Gasteiger partial charge in [-0.1, -0.05) is 17.8 Å². The van der Waals surface area contributed by atoms with E-state index in [9.17, 15) is 30.7 Å². The van der Waals surface area contributed by atoms with Gasteiger partial charge in [0.1, 0.15) is 17.5 Å². The molecule has 0 saturated carbocycles. The largest absolute Gasteiger partial charge is 0.436 e. The van der Waals surface area contributed by atoms with Gasteiger partial charge in [-0.3, -0.25) is 0 Å². The lowest BCUT2D eigenvalue weighted by Crippen LogP contribution is -2.10. The van der Waals surface area contributed by atoms with Gasteiger partial charge in [0.15, 0.2) is 22.4 Å². The van der Waals surface area contributed by atoms with Crippen molar-refractivity contribution in [2.75, 3.05) is 0 Å². The molecule has 0 amide bonds. The molecule has 1 aromatic heterocycles. The Hall–Kier alpha value is -2.82. The highest BCUT2D eigenvalue weighted by Crippen LogP contribution is 2.34. The SMILES string of the molecule is Fc1ccc(Oc2cc(C(F)(F)F)nc(SCc3c(F)cccc3F)n2)c(F)c1. The van der Waals surface area contributed by atoms with Crippen LogP contribution in [-0.4, -0.2) is 9.97 Å². The van der Waals surface area contributed by atoms with Gasteiger partial charge >= 0.3 is 6.18 Å². The number of hydrogen-bond acceptors (Lipinski definition) is 4. The molecule has 0 fully saturated rings. The Morgan fingerprint density at radius 2 is 1.55 bits per heavy atom. The van der Waals surface area contributed by atoms with Crippen LogP contribution in [0.2, 0.25) is 0 Å². The minimum Gasteiger partial charge on any atom is -0.436 e. The van der Waals surface area contributed by atoms with Crippen molar-refractivity contribution in [1.82, 2.24) is 9.97 Å². The van der Waals surface area contributed by atoms with E-state index in [-0.39, 0.29) is 5.56 Å². The molecule has 0 aliphatic heterocycles. The summed E-state index contributed by atoms with van der Waals surface area (Å²) in [4.78, 5) is 7.01. The standard InChI is InChI=1S/C18H9F7N2OS/c19-9-4-5-14(13(22)6-9)28-16-7-15(18(23,24)25)26-17(27-16)29-8-10-11(20)2-1-3-12(10)21/h1-7H,8H2. The summed E-state index contributed by atoms with van der Waals surface area (Å²) in [5.74, 6) is -5.45.